The Morgan fingerprint density at radius 2 is 2.16 bits per heavy atom. The van der Waals surface area contributed by atoms with Crippen LogP contribution < -0.4 is 5.32 Å². The van der Waals surface area contributed by atoms with Crippen molar-refractivity contribution in [2.45, 2.75) is 39.8 Å². The van der Waals surface area contributed by atoms with E-state index in [1.54, 1.807) is 0 Å². The molecule has 1 aromatic carbocycles. The molecule has 2 rings (SSSR count). The minimum atomic E-state index is -0.470. The first-order chi connectivity index (χ1) is 8.85. The Hall–Kier alpha value is -1.62. The minimum Gasteiger partial charge on any atom is -0.444 e. The fraction of sp³-hybridized carbons (Fsp3) is 0.429. The molecule has 0 fully saturated rings. The van der Waals surface area contributed by atoms with Gasteiger partial charge in [0.05, 0.1) is 10.4 Å². The number of aromatic nitrogens is 1. The highest BCUT2D eigenvalue weighted by Crippen LogP contribution is 2.23. The summed E-state index contributed by atoms with van der Waals surface area (Å²) in [5.41, 5.74) is 1.60. The second-order valence-electron chi connectivity index (χ2n) is 5.45. The van der Waals surface area contributed by atoms with Crippen LogP contribution in [0.1, 0.15) is 32.0 Å². The molecule has 0 bridgehead atoms. The summed E-state index contributed by atoms with van der Waals surface area (Å²) in [6.07, 6.45) is -0.396. The third kappa shape index (κ3) is 3.67. The number of ether oxygens (including phenoxy) is 1. The van der Waals surface area contributed by atoms with Crippen molar-refractivity contribution in [1.29, 1.82) is 0 Å². The first kappa shape index (κ1) is 13.8. The quantitative estimate of drug-likeness (QED) is 0.912. The number of benzene rings is 1. The van der Waals surface area contributed by atoms with Gasteiger partial charge in [0, 0.05) is 11.9 Å². The third-order valence-corrected chi connectivity index (χ3v) is 3.47. The summed E-state index contributed by atoms with van der Waals surface area (Å²) in [7, 11) is 0. The van der Waals surface area contributed by atoms with Gasteiger partial charge in [-0.15, -0.1) is 0 Å². The van der Waals surface area contributed by atoms with Crippen LogP contribution >= 0.6 is 11.5 Å². The molecular formula is C14H18N2O2S. The molecule has 0 saturated heterocycles. The Kier molecular flexibility index (Phi) is 3.75. The molecule has 1 heterocycles. The van der Waals surface area contributed by atoms with E-state index >= 15 is 0 Å². The number of hydrogen-bond donors (Lipinski definition) is 1. The van der Waals surface area contributed by atoms with Gasteiger partial charge in [0.1, 0.15) is 5.60 Å². The zero-order valence-electron chi connectivity index (χ0n) is 11.6. The van der Waals surface area contributed by atoms with E-state index in [0.29, 0.717) is 6.54 Å². The van der Waals surface area contributed by atoms with Gasteiger partial charge >= 0.3 is 6.09 Å². The number of nitrogens with one attached hydrogen (secondary N) is 1. The van der Waals surface area contributed by atoms with Crippen LogP contribution in [0.4, 0.5) is 4.79 Å². The Balaban J connectivity index is 2.02. The van der Waals surface area contributed by atoms with E-state index in [9.17, 15) is 4.79 Å². The normalized spacial score (nSPS) is 11.6. The molecule has 0 unspecified atom stereocenters. The molecule has 2 aromatic rings. The van der Waals surface area contributed by atoms with Crippen LogP contribution in [0.2, 0.25) is 0 Å². The molecular weight excluding hydrogens is 260 g/mol. The number of carbonyl (C=O) groups excluding carboxylic acids is 1. The Bertz CT molecular complexity index is 599. The number of rotatable bonds is 2. The maximum Gasteiger partial charge on any atom is 0.407 e. The van der Waals surface area contributed by atoms with Gasteiger partial charge in [-0.3, -0.25) is 0 Å². The molecule has 0 aliphatic rings. The first-order valence-electron chi connectivity index (χ1n) is 6.17. The molecule has 1 N–H and O–H groups in total. The van der Waals surface area contributed by atoms with Crippen LogP contribution in [0, 0.1) is 6.92 Å². The van der Waals surface area contributed by atoms with Crippen LogP contribution in [-0.2, 0) is 11.3 Å². The highest BCUT2D eigenvalue weighted by Gasteiger charge is 2.15. The van der Waals surface area contributed by atoms with Gasteiger partial charge < -0.3 is 10.1 Å². The van der Waals surface area contributed by atoms with Crippen LogP contribution in [0.3, 0.4) is 0 Å². The molecule has 1 amide bonds. The lowest BCUT2D eigenvalue weighted by Crippen LogP contribution is -2.32. The van der Waals surface area contributed by atoms with Crippen molar-refractivity contribution in [3.63, 3.8) is 0 Å². The fourth-order valence-electron chi connectivity index (χ4n) is 1.70. The van der Waals surface area contributed by atoms with Crippen LogP contribution in [-0.4, -0.2) is 16.1 Å². The van der Waals surface area contributed by atoms with E-state index in [4.69, 9.17) is 4.74 Å². The zero-order chi connectivity index (χ0) is 14.0. The van der Waals surface area contributed by atoms with Crippen LogP contribution in [0.15, 0.2) is 18.2 Å². The Labute approximate surface area is 116 Å². The van der Waals surface area contributed by atoms with E-state index in [0.717, 1.165) is 16.6 Å². The lowest BCUT2D eigenvalue weighted by atomic mass is 10.1. The van der Waals surface area contributed by atoms with Gasteiger partial charge in [-0.2, -0.15) is 4.37 Å². The molecule has 0 atom stereocenters. The molecule has 0 saturated carbocycles. The fourth-order valence-corrected chi connectivity index (χ4v) is 2.47. The summed E-state index contributed by atoms with van der Waals surface area (Å²) < 4.78 is 10.7. The van der Waals surface area contributed by atoms with Crippen molar-refractivity contribution >= 4 is 27.7 Å². The van der Waals surface area contributed by atoms with Gasteiger partial charge in [-0.05, 0) is 56.9 Å². The summed E-state index contributed by atoms with van der Waals surface area (Å²) in [5, 5.41) is 3.90. The van der Waals surface area contributed by atoms with Gasteiger partial charge in [-0.1, -0.05) is 6.07 Å². The molecule has 0 aliphatic carbocycles. The molecule has 5 heteroatoms. The van der Waals surface area contributed by atoms with E-state index in [2.05, 4.69) is 15.8 Å². The van der Waals surface area contributed by atoms with Crippen molar-refractivity contribution in [3.8, 4) is 0 Å². The Morgan fingerprint density at radius 3 is 2.84 bits per heavy atom. The SMILES string of the molecule is Cc1nsc2ccc(CNC(=O)OC(C)(C)C)cc12. The van der Waals surface area contributed by atoms with Crippen molar-refractivity contribution in [1.82, 2.24) is 9.69 Å². The average Bonchev–Trinajstić information content (AvgIpc) is 2.66. The van der Waals surface area contributed by atoms with Crippen molar-refractivity contribution in [2.75, 3.05) is 0 Å². The predicted octanol–water partition coefficient (Wildman–Crippen LogP) is 3.63. The zero-order valence-corrected chi connectivity index (χ0v) is 12.4. The first-order valence-corrected chi connectivity index (χ1v) is 6.94. The Morgan fingerprint density at radius 1 is 1.42 bits per heavy atom. The lowest BCUT2D eigenvalue weighted by Gasteiger charge is -2.19. The van der Waals surface area contributed by atoms with E-state index in [1.165, 1.54) is 16.2 Å². The molecule has 0 aliphatic heterocycles. The highest BCUT2D eigenvalue weighted by molar-refractivity contribution is 7.13. The van der Waals surface area contributed by atoms with Gasteiger partial charge in [0.25, 0.3) is 0 Å². The van der Waals surface area contributed by atoms with Gasteiger partial charge in [0.2, 0.25) is 0 Å². The number of alkyl carbamates (subject to hydrolysis) is 1. The van der Waals surface area contributed by atoms with E-state index in [1.807, 2.05) is 39.8 Å². The third-order valence-electron chi connectivity index (χ3n) is 2.55. The number of fused-ring (bicyclic) bond motifs is 1. The van der Waals surface area contributed by atoms with Crippen molar-refractivity contribution in [3.05, 3.63) is 29.5 Å². The summed E-state index contributed by atoms with van der Waals surface area (Å²) in [4.78, 5) is 11.6. The largest absolute Gasteiger partial charge is 0.444 e. The molecule has 0 spiro atoms. The smallest absolute Gasteiger partial charge is 0.407 e. The van der Waals surface area contributed by atoms with Crippen molar-refractivity contribution in [2.24, 2.45) is 0 Å². The number of nitrogens with zero attached hydrogens (tertiary/aromatic N) is 1. The number of hydrogen-bond acceptors (Lipinski definition) is 4. The van der Waals surface area contributed by atoms with Gasteiger partial charge in [-0.25, -0.2) is 4.79 Å². The lowest BCUT2D eigenvalue weighted by molar-refractivity contribution is 0.0523. The number of aryl methyl sites for hydroxylation is 1. The highest BCUT2D eigenvalue weighted by atomic mass is 32.1. The standard InChI is InChI=1S/C14H18N2O2S/c1-9-11-7-10(5-6-12(11)19-16-9)8-15-13(17)18-14(2,3)4/h5-7H,8H2,1-4H3,(H,15,17). The predicted molar refractivity (Wildman–Crippen MR) is 77.4 cm³/mol. The second-order valence-corrected chi connectivity index (χ2v) is 6.26. The average molecular weight is 278 g/mol. The van der Waals surface area contributed by atoms with E-state index in [-0.39, 0.29) is 0 Å². The monoisotopic (exact) mass is 278 g/mol. The maximum absolute atomic E-state index is 11.6. The topological polar surface area (TPSA) is 51.2 Å². The molecule has 4 nitrogen and oxygen atoms in total. The van der Waals surface area contributed by atoms with E-state index < -0.39 is 11.7 Å². The molecule has 0 radical (unpaired) electrons. The van der Waals surface area contributed by atoms with Gasteiger partial charge in [0.15, 0.2) is 0 Å². The number of amides is 1. The second kappa shape index (κ2) is 5.17. The maximum atomic E-state index is 11.6. The summed E-state index contributed by atoms with van der Waals surface area (Å²) in [6, 6.07) is 6.09. The minimum absolute atomic E-state index is 0.396. The summed E-state index contributed by atoms with van der Waals surface area (Å²) >= 11 is 1.49. The molecule has 102 valence electrons. The molecule has 1 aromatic heterocycles. The van der Waals surface area contributed by atoms with Crippen LogP contribution in [0.25, 0.3) is 10.1 Å². The summed E-state index contributed by atoms with van der Waals surface area (Å²) in [5.74, 6) is 0. The van der Waals surface area contributed by atoms with Crippen LogP contribution in [0.5, 0.6) is 0 Å². The van der Waals surface area contributed by atoms with Crippen molar-refractivity contribution < 1.29 is 9.53 Å². The molecule has 19 heavy (non-hydrogen) atoms. The number of carbonyl (C=O) groups is 1. The summed E-state index contributed by atoms with van der Waals surface area (Å²) in [6.45, 7) is 7.99.